The minimum absolute atomic E-state index is 0.128. The van der Waals surface area contributed by atoms with Gasteiger partial charge < -0.3 is 13.5 Å². The summed E-state index contributed by atoms with van der Waals surface area (Å²) in [5.41, 5.74) is 1.39. The molecule has 0 unspecified atom stereocenters. The Balaban J connectivity index is 2.54. The fraction of sp³-hybridized carbons (Fsp3) is 0.250. The summed E-state index contributed by atoms with van der Waals surface area (Å²) >= 11 is 3.42. The van der Waals surface area contributed by atoms with Crippen LogP contribution in [0.5, 0.6) is 0 Å². The Kier molecular flexibility index (Phi) is 4.26. The van der Waals surface area contributed by atoms with Crippen molar-refractivity contribution in [2.75, 3.05) is 14.2 Å². The van der Waals surface area contributed by atoms with Crippen molar-refractivity contribution in [2.24, 2.45) is 0 Å². The maximum absolute atomic E-state index is 12.3. The van der Waals surface area contributed by atoms with Crippen molar-refractivity contribution in [1.29, 1.82) is 0 Å². The topological polar surface area (TPSA) is 61.6 Å². The second-order valence-corrected chi connectivity index (χ2v) is 6.74. The summed E-state index contributed by atoms with van der Waals surface area (Å²) in [6.07, 6.45) is 0. The van der Waals surface area contributed by atoms with Crippen molar-refractivity contribution >= 4 is 29.0 Å². The molecule has 0 fully saturated rings. The Hall–Kier alpha value is -0.940. The monoisotopic (exact) mass is 345 g/mol. The predicted octanol–water partition coefficient (Wildman–Crippen LogP) is 3.52. The average Bonchev–Trinajstić information content (AvgIpc) is 2.81. The summed E-state index contributed by atoms with van der Waals surface area (Å²) in [5, 5.41) is 0. The lowest BCUT2D eigenvalue weighted by Crippen LogP contribution is -2.08. The molecule has 0 saturated heterocycles. The molecule has 0 aliphatic heterocycles. The van der Waals surface area contributed by atoms with E-state index in [1.54, 1.807) is 6.92 Å². The zero-order valence-electron chi connectivity index (χ0n) is 10.7. The first-order chi connectivity index (χ1) is 9.01. The van der Waals surface area contributed by atoms with Gasteiger partial charge >= 0.3 is 7.60 Å². The molecule has 1 aromatic heterocycles. The molecule has 0 atom stereocenters. The third-order valence-corrected chi connectivity index (χ3v) is 5.17. The second-order valence-electron chi connectivity index (χ2n) is 3.75. The number of aryl methyl sites for hydroxylation is 1. The summed E-state index contributed by atoms with van der Waals surface area (Å²) in [4.78, 5) is 4.27. The van der Waals surface area contributed by atoms with Crippen LogP contribution in [-0.4, -0.2) is 19.2 Å². The van der Waals surface area contributed by atoms with Crippen LogP contribution in [-0.2, 0) is 13.6 Å². The molecule has 0 radical (unpaired) electrons. The van der Waals surface area contributed by atoms with Crippen molar-refractivity contribution < 1.29 is 18.0 Å². The van der Waals surface area contributed by atoms with Crippen LogP contribution in [0.3, 0.4) is 0 Å². The van der Waals surface area contributed by atoms with Gasteiger partial charge in [0, 0.05) is 18.7 Å². The molecule has 1 heterocycles. The fourth-order valence-corrected chi connectivity index (χ4v) is 3.21. The Bertz CT molecular complexity index is 632. The number of benzene rings is 1. The van der Waals surface area contributed by atoms with E-state index in [2.05, 4.69) is 20.9 Å². The third kappa shape index (κ3) is 2.67. The van der Waals surface area contributed by atoms with Crippen LogP contribution < -0.4 is 5.50 Å². The predicted molar refractivity (Wildman–Crippen MR) is 75.6 cm³/mol. The van der Waals surface area contributed by atoms with Gasteiger partial charge in [0.25, 0.3) is 0 Å². The molecule has 2 aromatic rings. The molecule has 0 spiro atoms. The molecule has 1 aromatic carbocycles. The van der Waals surface area contributed by atoms with Crippen molar-refractivity contribution in [3.05, 3.63) is 34.4 Å². The van der Waals surface area contributed by atoms with Crippen LogP contribution in [0.25, 0.3) is 11.5 Å². The number of halogens is 1. The van der Waals surface area contributed by atoms with E-state index in [9.17, 15) is 4.57 Å². The van der Waals surface area contributed by atoms with Crippen LogP contribution in [0.2, 0.25) is 0 Å². The van der Waals surface area contributed by atoms with Crippen LogP contribution >= 0.6 is 23.5 Å². The van der Waals surface area contributed by atoms with E-state index in [1.807, 2.05) is 24.3 Å². The second kappa shape index (κ2) is 5.59. The number of rotatable bonds is 4. The van der Waals surface area contributed by atoms with Crippen molar-refractivity contribution in [2.45, 2.75) is 6.92 Å². The highest BCUT2D eigenvalue weighted by atomic mass is 79.9. The molecule has 2 rings (SSSR count). The van der Waals surface area contributed by atoms with Gasteiger partial charge in [0.15, 0.2) is 0 Å². The largest absolute Gasteiger partial charge is 0.428 e. The Morgan fingerprint density at radius 3 is 2.47 bits per heavy atom. The molecular weight excluding hydrogens is 333 g/mol. The number of hydrogen-bond donors (Lipinski definition) is 0. The number of aromatic nitrogens is 1. The lowest BCUT2D eigenvalue weighted by Gasteiger charge is -2.10. The maximum Gasteiger partial charge on any atom is 0.397 e. The van der Waals surface area contributed by atoms with Gasteiger partial charge in [-0.3, -0.25) is 4.57 Å². The zero-order chi connectivity index (χ0) is 14.0. The van der Waals surface area contributed by atoms with Crippen LogP contribution in [0.1, 0.15) is 5.69 Å². The third-order valence-electron chi connectivity index (χ3n) is 2.61. The maximum atomic E-state index is 12.3. The van der Waals surface area contributed by atoms with Gasteiger partial charge in [0.05, 0.1) is 11.3 Å². The minimum Gasteiger partial charge on any atom is -0.428 e. The first-order valence-electron chi connectivity index (χ1n) is 5.46. The highest BCUT2D eigenvalue weighted by molar-refractivity contribution is 9.10. The highest BCUT2D eigenvalue weighted by Crippen LogP contribution is 2.46. The SMILES string of the molecule is COP(=O)(OC)c1oc(-c2ccccc2Br)nc1C. The molecule has 0 aliphatic carbocycles. The zero-order valence-corrected chi connectivity index (χ0v) is 13.2. The molecule has 0 bridgehead atoms. The van der Waals surface area contributed by atoms with Crippen LogP contribution in [0.15, 0.2) is 33.2 Å². The summed E-state index contributed by atoms with van der Waals surface area (Å²) in [6.45, 7) is 1.70. The van der Waals surface area contributed by atoms with E-state index in [0.717, 1.165) is 10.0 Å². The van der Waals surface area contributed by atoms with E-state index >= 15 is 0 Å². The molecule has 102 valence electrons. The lowest BCUT2D eigenvalue weighted by atomic mass is 10.2. The van der Waals surface area contributed by atoms with Crippen LogP contribution in [0.4, 0.5) is 0 Å². The van der Waals surface area contributed by atoms with E-state index in [0.29, 0.717) is 11.6 Å². The van der Waals surface area contributed by atoms with Gasteiger partial charge in [-0.25, -0.2) is 4.98 Å². The first kappa shape index (κ1) is 14.5. The standard InChI is InChI=1S/C12H13BrNO4P/c1-8-12(19(15,16-2)17-3)18-11(14-8)9-6-4-5-7-10(9)13/h4-7H,1-3H3. The van der Waals surface area contributed by atoms with Crippen molar-refractivity contribution in [1.82, 2.24) is 4.98 Å². The first-order valence-corrected chi connectivity index (χ1v) is 7.80. The van der Waals surface area contributed by atoms with Gasteiger partial charge in [0.1, 0.15) is 0 Å². The van der Waals surface area contributed by atoms with Gasteiger partial charge in [-0.1, -0.05) is 12.1 Å². The van der Waals surface area contributed by atoms with Crippen molar-refractivity contribution in [3.63, 3.8) is 0 Å². The van der Waals surface area contributed by atoms with Gasteiger partial charge in [-0.2, -0.15) is 0 Å². The van der Waals surface area contributed by atoms with Gasteiger partial charge in [0.2, 0.25) is 11.4 Å². The Morgan fingerprint density at radius 2 is 1.89 bits per heavy atom. The average molecular weight is 346 g/mol. The summed E-state index contributed by atoms with van der Waals surface area (Å²) in [6, 6.07) is 7.48. The fourth-order valence-electron chi connectivity index (χ4n) is 1.63. The molecule has 7 heteroatoms. The lowest BCUT2D eigenvalue weighted by molar-refractivity contribution is 0.281. The van der Waals surface area contributed by atoms with E-state index in [4.69, 9.17) is 13.5 Å². The summed E-state index contributed by atoms with van der Waals surface area (Å²) in [7, 11) is -0.811. The summed E-state index contributed by atoms with van der Waals surface area (Å²) in [5.74, 6) is 0.370. The Morgan fingerprint density at radius 1 is 1.26 bits per heavy atom. The number of oxazole rings is 1. The molecule has 0 saturated carbocycles. The number of nitrogens with zero attached hydrogens (tertiary/aromatic N) is 1. The van der Waals surface area contributed by atoms with Crippen LogP contribution in [0, 0.1) is 6.92 Å². The Labute approximate surface area is 119 Å². The number of hydrogen-bond acceptors (Lipinski definition) is 5. The molecule has 19 heavy (non-hydrogen) atoms. The smallest absolute Gasteiger partial charge is 0.397 e. The molecule has 0 amide bonds. The molecular formula is C12H13BrNO4P. The quantitative estimate of drug-likeness (QED) is 0.793. The van der Waals surface area contributed by atoms with E-state index < -0.39 is 7.60 Å². The minimum atomic E-state index is -3.43. The summed E-state index contributed by atoms with van der Waals surface area (Å²) < 4.78 is 28.6. The molecule has 0 N–H and O–H groups in total. The van der Waals surface area contributed by atoms with E-state index in [-0.39, 0.29) is 5.50 Å². The van der Waals surface area contributed by atoms with E-state index in [1.165, 1.54) is 14.2 Å². The normalized spacial score (nSPS) is 11.8. The van der Waals surface area contributed by atoms with Gasteiger partial charge in [-0.05, 0) is 35.0 Å². The highest BCUT2D eigenvalue weighted by Gasteiger charge is 2.33. The van der Waals surface area contributed by atoms with Gasteiger partial charge in [-0.15, -0.1) is 0 Å². The van der Waals surface area contributed by atoms with Crippen molar-refractivity contribution in [3.8, 4) is 11.5 Å². The molecule has 5 nitrogen and oxygen atoms in total. The molecule has 0 aliphatic rings.